The molecule has 2 N–H and O–H groups in total. The summed E-state index contributed by atoms with van der Waals surface area (Å²) < 4.78 is 10.9. The van der Waals surface area contributed by atoms with E-state index in [2.05, 4.69) is 15.6 Å². The molecule has 166 valence electrons. The molecule has 2 aromatic carbocycles. The quantitative estimate of drug-likeness (QED) is 0.411. The van der Waals surface area contributed by atoms with Crippen molar-refractivity contribution in [3.8, 4) is 11.6 Å². The summed E-state index contributed by atoms with van der Waals surface area (Å²) in [5.74, 6) is 0.390. The minimum Gasteiger partial charge on any atom is -0.459 e. The van der Waals surface area contributed by atoms with Gasteiger partial charge in [0.25, 0.3) is 5.91 Å². The molecule has 4 rings (SSSR count). The van der Waals surface area contributed by atoms with Crippen molar-refractivity contribution < 1.29 is 18.7 Å². The zero-order chi connectivity index (χ0) is 23.0. The first-order chi connectivity index (χ1) is 16.1. The van der Waals surface area contributed by atoms with Crippen LogP contribution in [0.2, 0.25) is 0 Å². The van der Waals surface area contributed by atoms with E-state index in [1.165, 1.54) is 12.5 Å². The number of aryl methyl sites for hydroxylation is 1. The number of nitrogens with one attached hydrogen (secondary N) is 2. The van der Waals surface area contributed by atoms with Crippen molar-refractivity contribution in [3.05, 3.63) is 108 Å². The fourth-order valence-corrected chi connectivity index (χ4v) is 3.17. The molecule has 0 aliphatic heterocycles. The highest BCUT2D eigenvalue weighted by Gasteiger charge is 2.23. The van der Waals surface area contributed by atoms with Gasteiger partial charge in [0.1, 0.15) is 11.8 Å². The molecule has 2 aromatic heterocycles. The van der Waals surface area contributed by atoms with Crippen LogP contribution in [-0.4, -0.2) is 22.8 Å². The van der Waals surface area contributed by atoms with Crippen LogP contribution in [0.3, 0.4) is 0 Å². The van der Waals surface area contributed by atoms with E-state index in [1.54, 1.807) is 24.3 Å². The summed E-state index contributed by atoms with van der Waals surface area (Å²) in [7, 11) is 0. The van der Waals surface area contributed by atoms with E-state index in [0.29, 0.717) is 23.7 Å². The summed E-state index contributed by atoms with van der Waals surface area (Å²) in [6.45, 7) is 2.00. The predicted octanol–water partition coefficient (Wildman–Crippen LogP) is 4.76. The van der Waals surface area contributed by atoms with Crippen LogP contribution in [0, 0.1) is 6.92 Å². The molecular weight excluding hydrogens is 418 g/mol. The Morgan fingerprint density at radius 1 is 0.970 bits per heavy atom. The minimum atomic E-state index is -0.812. The predicted molar refractivity (Wildman–Crippen MR) is 124 cm³/mol. The molecule has 1 unspecified atom stereocenters. The van der Waals surface area contributed by atoms with Crippen molar-refractivity contribution in [3.63, 3.8) is 0 Å². The molecule has 0 aliphatic carbocycles. The molecule has 0 aliphatic rings. The molecule has 7 heteroatoms. The van der Waals surface area contributed by atoms with Crippen molar-refractivity contribution in [2.24, 2.45) is 0 Å². The Morgan fingerprint density at radius 3 is 2.42 bits per heavy atom. The number of carbonyl (C=O) groups excluding carboxylic acids is 2. The third-order valence-corrected chi connectivity index (χ3v) is 4.90. The van der Waals surface area contributed by atoms with Gasteiger partial charge in [-0.25, -0.2) is 4.98 Å². The number of nitrogens with zero attached hydrogens (tertiary/aromatic N) is 1. The highest BCUT2D eigenvalue weighted by atomic mass is 16.5. The molecule has 0 fully saturated rings. The Hall–Kier alpha value is -4.39. The summed E-state index contributed by atoms with van der Waals surface area (Å²) in [6, 6.07) is 22.8. The maximum atomic E-state index is 13.0. The highest BCUT2D eigenvalue weighted by Crippen LogP contribution is 2.21. The number of carbonyl (C=O) groups is 2. The Kier molecular flexibility index (Phi) is 6.80. The third-order valence-electron chi connectivity index (χ3n) is 4.90. The molecular formula is C26H23N3O4. The van der Waals surface area contributed by atoms with Crippen LogP contribution < -0.4 is 15.4 Å². The fourth-order valence-electron chi connectivity index (χ4n) is 3.17. The van der Waals surface area contributed by atoms with Gasteiger partial charge in [-0.1, -0.05) is 48.0 Å². The SMILES string of the molecule is Cc1ccc(Oc2ccc(NC(=O)C(Cc3ccccc3)NC(=O)c3ccco3)cn2)cc1. The average molecular weight is 441 g/mol. The van der Waals surface area contributed by atoms with E-state index in [-0.39, 0.29) is 11.7 Å². The summed E-state index contributed by atoms with van der Waals surface area (Å²) in [4.78, 5) is 29.8. The van der Waals surface area contributed by atoms with Crippen LogP contribution in [0.1, 0.15) is 21.7 Å². The molecule has 0 saturated carbocycles. The monoisotopic (exact) mass is 441 g/mol. The lowest BCUT2D eigenvalue weighted by atomic mass is 10.0. The van der Waals surface area contributed by atoms with Crippen LogP contribution in [0.4, 0.5) is 5.69 Å². The Labute approximate surface area is 191 Å². The third kappa shape index (κ3) is 6.07. The number of aromatic nitrogens is 1. The lowest BCUT2D eigenvalue weighted by Crippen LogP contribution is -2.45. The van der Waals surface area contributed by atoms with Crippen molar-refractivity contribution in [1.29, 1.82) is 0 Å². The van der Waals surface area contributed by atoms with Crippen LogP contribution in [0.15, 0.2) is 95.7 Å². The second-order valence-electron chi connectivity index (χ2n) is 7.48. The number of amides is 2. The summed E-state index contributed by atoms with van der Waals surface area (Å²) in [5.41, 5.74) is 2.54. The van der Waals surface area contributed by atoms with E-state index in [9.17, 15) is 9.59 Å². The largest absolute Gasteiger partial charge is 0.459 e. The zero-order valence-corrected chi connectivity index (χ0v) is 18.0. The van der Waals surface area contributed by atoms with Gasteiger partial charge in [-0.05, 0) is 42.8 Å². The van der Waals surface area contributed by atoms with E-state index in [4.69, 9.17) is 9.15 Å². The number of benzene rings is 2. The van der Waals surface area contributed by atoms with Crippen molar-refractivity contribution >= 4 is 17.5 Å². The molecule has 0 bridgehead atoms. The molecule has 0 spiro atoms. The minimum absolute atomic E-state index is 0.139. The van der Waals surface area contributed by atoms with Gasteiger partial charge in [0.05, 0.1) is 18.1 Å². The summed E-state index contributed by atoms with van der Waals surface area (Å²) in [6.07, 6.45) is 3.24. The first kappa shape index (κ1) is 21.8. The van der Waals surface area contributed by atoms with Gasteiger partial charge in [0, 0.05) is 12.5 Å². The van der Waals surface area contributed by atoms with Gasteiger partial charge in [-0.3, -0.25) is 9.59 Å². The second-order valence-corrected chi connectivity index (χ2v) is 7.48. The first-order valence-electron chi connectivity index (χ1n) is 10.5. The lowest BCUT2D eigenvalue weighted by Gasteiger charge is -2.18. The van der Waals surface area contributed by atoms with Gasteiger partial charge in [0.2, 0.25) is 11.8 Å². The Balaban J connectivity index is 1.43. The number of pyridine rings is 1. The van der Waals surface area contributed by atoms with Crippen LogP contribution >= 0.6 is 0 Å². The number of rotatable bonds is 8. The molecule has 4 aromatic rings. The number of ether oxygens (including phenoxy) is 1. The van der Waals surface area contributed by atoms with Gasteiger partial charge in [-0.2, -0.15) is 0 Å². The number of hydrogen-bond acceptors (Lipinski definition) is 5. The Morgan fingerprint density at radius 2 is 1.76 bits per heavy atom. The maximum absolute atomic E-state index is 13.0. The van der Waals surface area contributed by atoms with Crippen LogP contribution in [0.25, 0.3) is 0 Å². The standard InChI is InChI=1S/C26H23N3O4/c1-18-9-12-21(13-10-18)33-24-14-11-20(17-27-24)28-25(30)22(16-19-6-3-2-4-7-19)29-26(31)23-8-5-15-32-23/h2-15,17,22H,16H2,1H3,(H,28,30)(H,29,31). The first-order valence-corrected chi connectivity index (χ1v) is 10.5. The van der Waals surface area contributed by atoms with E-state index in [1.807, 2.05) is 61.5 Å². The molecule has 2 heterocycles. The molecule has 0 radical (unpaired) electrons. The average Bonchev–Trinajstić information content (AvgIpc) is 3.37. The molecule has 7 nitrogen and oxygen atoms in total. The number of hydrogen-bond donors (Lipinski definition) is 2. The Bertz CT molecular complexity index is 1190. The number of anilines is 1. The second kappa shape index (κ2) is 10.3. The van der Waals surface area contributed by atoms with E-state index >= 15 is 0 Å². The number of furan rings is 1. The normalized spacial score (nSPS) is 11.4. The van der Waals surface area contributed by atoms with Gasteiger partial charge >= 0.3 is 0 Å². The summed E-state index contributed by atoms with van der Waals surface area (Å²) >= 11 is 0. The van der Waals surface area contributed by atoms with E-state index < -0.39 is 11.9 Å². The molecule has 0 saturated heterocycles. The molecule has 1 atom stereocenters. The highest BCUT2D eigenvalue weighted by molar-refractivity contribution is 6.00. The molecule has 33 heavy (non-hydrogen) atoms. The van der Waals surface area contributed by atoms with Crippen molar-refractivity contribution in [2.75, 3.05) is 5.32 Å². The zero-order valence-electron chi connectivity index (χ0n) is 18.0. The topological polar surface area (TPSA) is 93.5 Å². The van der Waals surface area contributed by atoms with Crippen LogP contribution in [0.5, 0.6) is 11.6 Å². The lowest BCUT2D eigenvalue weighted by molar-refractivity contribution is -0.118. The van der Waals surface area contributed by atoms with Gasteiger partial charge in [0.15, 0.2) is 5.76 Å². The van der Waals surface area contributed by atoms with E-state index in [0.717, 1.165) is 11.1 Å². The summed E-state index contributed by atoms with van der Waals surface area (Å²) in [5, 5.41) is 5.56. The van der Waals surface area contributed by atoms with Gasteiger partial charge in [-0.15, -0.1) is 0 Å². The van der Waals surface area contributed by atoms with Gasteiger partial charge < -0.3 is 19.8 Å². The molecule has 2 amide bonds. The van der Waals surface area contributed by atoms with Crippen molar-refractivity contribution in [2.45, 2.75) is 19.4 Å². The fraction of sp³-hybridized carbons (Fsp3) is 0.115. The van der Waals surface area contributed by atoms with Crippen LogP contribution in [-0.2, 0) is 11.2 Å². The van der Waals surface area contributed by atoms with Crippen molar-refractivity contribution in [1.82, 2.24) is 10.3 Å². The smallest absolute Gasteiger partial charge is 0.287 e. The maximum Gasteiger partial charge on any atom is 0.287 e.